The number of methoxy groups -OCH3 is 1. The maximum absolute atomic E-state index is 6.43. The lowest BCUT2D eigenvalue weighted by molar-refractivity contribution is -0.0176. The molecule has 1 aromatic carbocycles. The molecule has 0 aromatic heterocycles. The smallest absolute Gasteiger partial charge is 0.125 e. The third-order valence-corrected chi connectivity index (χ3v) is 5.02. The van der Waals surface area contributed by atoms with Gasteiger partial charge in [0.15, 0.2) is 0 Å². The van der Waals surface area contributed by atoms with Gasteiger partial charge in [-0.25, -0.2) is 0 Å². The summed E-state index contributed by atoms with van der Waals surface area (Å²) < 4.78 is 11.7. The summed E-state index contributed by atoms with van der Waals surface area (Å²) in [6, 6.07) is 6.06. The highest BCUT2D eigenvalue weighted by atomic mass is 16.5. The second kappa shape index (κ2) is 5.28. The largest absolute Gasteiger partial charge is 0.497 e. The Balaban J connectivity index is 1.88. The van der Waals surface area contributed by atoms with Crippen LogP contribution in [0.5, 0.6) is 11.5 Å². The fourth-order valence-electron chi connectivity index (χ4n) is 3.89. The Morgan fingerprint density at radius 2 is 2.25 bits per heavy atom. The van der Waals surface area contributed by atoms with Gasteiger partial charge in [-0.3, -0.25) is 0 Å². The van der Waals surface area contributed by atoms with Crippen molar-refractivity contribution in [1.29, 1.82) is 0 Å². The minimum absolute atomic E-state index is 0.0278. The molecule has 1 aliphatic heterocycles. The average molecular weight is 275 g/mol. The first kappa shape index (κ1) is 13.7. The highest BCUT2D eigenvalue weighted by Crippen LogP contribution is 2.47. The molecule has 0 amide bonds. The molecule has 3 rings (SSSR count). The highest BCUT2D eigenvalue weighted by molar-refractivity contribution is 5.44. The standard InChI is InChI=1S/C17H25NO2/c1-3-12-5-4-8-17(10-12)11-15(18)14-9-13(19-2)6-7-16(14)20-17/h6-7,9,12,15H,3-5,8,10-11,18H2,1-2H3/t12?,15-,17?/m1/s1. The van der Waals surface area contributed by atoms with Crippen LogP contribution in [-0.2, 0) is 0 Å². The molecule has 2 N–H and O–H groups in total. The van der Waals surface area contributed by atoms with Crippen LogP contribution in [0.15, 0.2) is 18.2 Å². The van der Waals surface area contributed by atoms with Gasteiger partial charge < -0.3 is 15.2 Å². The maximum Gasteiger partial charge on any atom is 0.125 e. The van der Waals surface area contributed by atoms with Crippen LogP contribution in [0.3, 0.4) is 0 Å². The summed E-state index contributed by atoms with van der Waals surface area (Å²) in [6.45, 7) is 2.28. The third-order valence-electron chi connectivity index (χ3n) is 5.02. The predicted molar refractivity (Wildman–Crippen MR) is 80.1 cm³/mol. The SMILES string of the molecule is CCC1CCCC2(C1)C[C@@H](N)c1cc(OC)ccc1O2. The molecule has 0 radical (unpaired) electrons. The van der Waals surface area contributed by atoms with Crippen molar-refractivity contribution < 1.29 is 9.47 Å². The van der Waals surface area contributed by atoms with Crippen LogP contribution in [0.1, 0.15) is 57.1 Å². The summed E-state index contributed by atoms with van der Waals surface area (Å²) in [4.78, 5) is 0. The van der Waals surface area contributed by atoms with E-state index in [9.17, 15) is 0 Å². The van der Waals surface area contributed by atoms with Gasteiger partial charge in [-0.2, -0.15) is 0 Å². The van der Waals surface area contributed by atoms with Gasteiger partial charge in [-0.05, 0) is 43.4 Å². The first-order chi connectivity index (χ1) is 9.65. The molecule has 0 bridgehead atoms. The maximum atomic E-state index is 6.43. The summed E-state index contributed by atoms with van der Waals surface area (Å²) in [6.07, 6.45) is 7.08. The topological polar surface area (TPSA) is 44.5 Å². The quantitative estimate of drug-likeness (QED) is 0.892. The predicted octanol–water partition coefficient (Wildman–Crippen LogP) is 3.82. The highest BCUT2D eigenvalue weighted by Gasteiger charge is 2.43. The lowest BCUT2D eigenvalue weighted by Crippen LogP contribution is -2.46. The van der Waals surface area contributed by atoms with E-state index in [0.29, 0.717) is 0 Å². The Morgan fingerprint density at radius 3 is 3.00 bits per heavy atom. The van der Waals surface area contributed by atoms with Gasteiger partial charge in [0, 0.05) is 18.0 Å². The minimum Gasteiger partial charge on any atom is -0.497 e. The first-order valence-electron chi connectivity index (χ1n) is 7.78. The molecule has 2 unspecified atom stereocenters. The van der Waals surface area contributed by atoms with E-state index >= 15 is 0 Å². The summed E-state index contributed by atoms with van der Waals surface area (Å²) in [5.41, 5.74) is 7.49. The van der Waals surface area contributed by atoms with Gasteiger partial charge in [0.1, 0.15) is 17.1 Å². The van der Waals surface area contributed by atoms with Gasteiger partial charge in [0.2, 0.25) is 0 Å². The molecule has 1 heterocycles. The summed E-state index contributed by atoms with van der Waals surface area (Å²) in [5, 5.41) is 0. The van der Waals surface area contributed by atoms with Gasteiger partial charge in [-0.1, -0.05) is 19.8 Å². The van der Waals surface area contributed by atoms with E-state index in [-0.39, 0.29) is 11.6 Å². The van der Waals surface area contributed by atoms with E-state index in [1.165, 1.54) is 19.3 Å². The number of benzene rings is 1. The van der Waals surface area contributed by atoms with Gasteiger partial charge in [0.25, 0.3) is 0 Å². The summed E-state index contributed by atoms with van der Waals surface area (Å²) >= 11 is 0. The second-order valence-corrected chi connectivity index (χ2v) is 6.37. The van der Waals surface area contributed by atoms with Crippen molar-refractivity contribution in [2.75, 3.05) is 7.11 Å². The number of fused-ring (bicyclic) bond motifs is 1. The van der Waals surface area contributed by atoms with Crippen molar-refractivity contribution in [3.63, 3.8) is 0 Å². The van der Waals surface area contributed by atoms with Crippen molar-refractivity contribution >= 4 is 0 Å². The van der Waals surface area contributed by atoms with E-state index in [4.69, 9.17) is 15.2 Å². The van der Waals surface area contributed by atoms with Crippen LogP contribution in [0, 0.1) is 5.92 Å². The monoisotopic (exact) mass is 275 g/mol. The van der Waals surface area contributed by atoms with Crippen LogP contribution in [0.25, 0.3) is 0 Å². The number of ether oxygens (including phenoxy) is 2. The molecular formula is C17H25NO2. The number of rotatable bonds is 2. The zero-order valence-corrected chi connectivity index (χ0v) is 12.5. The fourth-order valence-corrected chi connectivity index (χ4v) is 3.89. The number of nitrogens with two attached hydrogens (primary N) is 1. The van der Waals surface area contributed by atoms with E-state index in [2.05, 4.69) is 6.92 Å². The normalized spacial score (nSPS) is 32.5. The Kier molecular flexibility index (Phi) is 3.63. The number of hydrogen-bond donors (Lipinski definition) is 1. The van der Waals surface area contributed by atoms with Crippen LogP contribution in [0.2, 0.25) is 0 Å². The van der Waals surface area contributed by atoms with E-state index in [1.54, 1.807) is 7.11 Å². The molecule has 1 spiro atoms. The van der Waals surface area contributed by atoms with Gasteiger partial charge in [0.05, 0.1) is 7.11 Å². The molecule has 1 fully saturated rings. The van der Waals surface area contributed by atoms with Crippen molar-refractivity contribution in [2.45, 2.75) is 57.1 Å². The van der Waals surface area contributed by atoms with Gasteiger partial charge in [-0.15, -0.1) is 0 Å². The molecule has 1 saturated carbocycles. The molecule has 3 heteroatoms. The van der Waals surface area contributed by atoms with Crippen LogP contribution >= 0.6 is 0 Å². The Hall–Kier alpha value is -1.22. The molecule has 1 aliphatic carbocycles. The molecule has 110 valence electrons. The minimum atomic E-state index is -0.0278. The molecule has 2 aliphatic rings. The lowest BCUT2D eigenvalue weighted by atomic mass is 9.72. The zero-order chi connectivity index (χ0) is 14.2. The third kappa shape index (κ3) is 2.39. The fraction of sp³-hybridized carbons (Fsp3) is 0.647. The second-order valence-electron chi connectivity index (χ2n) is 6.37. The Labute approximate surface area is 121 Å². The Morgan fingerprint density at radius 1 is 1.40 bits per heavy atom. The van der Waals surface area contributed by atoms with Crippen molar-refractivity contribution in [3.05, 3.63) is 23.8 Å². The molecule has 0 saturated heterocycles. The van der Waals surface area contributed by atoms with Crippen molar-refractivity contribution in [1.82, 2.24) is 0 Å². The Bertz CT molecular complexity index is 488. The average Bonchev–Trinajstić information content (AvgIpc) is 2.47. The summed E-state index contributed by atoms with van der Waals surface area (Å²) in [7, 11) is 1.69. The molecular weight excluding hydrogens is 250 g/mol. The first-order valence-corrected chi connectivity index (χ1v) is 7.78. The van der Waals surface area contributed by atoms with Gasteiger partial charge >= 0.3 is 0 Å². The van der Waals surface area contributed by atoms with E-state index in [1.807, 2.05) is 18.2 Å². The van der Waals surface area contributed by atoms with Crippen molar-refractivity contribution in [3.8, 4) is 11.5 Å². The molecule has 20 heavy (non-hydrogen) atoms. The van der Waals surface area contributed by atoms with E-state index < -0.39 is 0 Å². The van der Waals surface area contributed by atoms with Crippen LogP contribution in [-0.4, -0.2) is 12.7 Å². The number of hydrogen-bond acceptors (Lipinski definition) is 3. The molecule has 3 nitrogen and oxygen atoms in total. The zero-order valence-electron chi connectivity index (χ0n) is 12.5. The van der Waals surface area contributed by atoms with E-state index in [0.717, 1.165) is 42.2 Å². The molecule has 1 aromatic rings. The molecule has 3 atom stereocenters. The lowest BCUT2D eigenvalue weighted by Gasteiger charge is -2.46. The van der Waals surface area contributed by atoms with Crippen LogP contribution in [0.4, 0.5) is 0 Å². The van der Waals surface area contributed by atoms with Crippen molar-refractivity contribution in [2.24, 2.45) is 11.7 Å². The summed E-state index contributed by atoms with van der Waals surface area (Å²) in [5.74, 6) is 2.60. The van der Waals surface area contributed by atoms with Crippen LogP contribution < -0.4 is 15.2 Å².